The summed E-state index contributed by atoms with van der Waals surface area (Å²) < 4.78 is 45.0. The average molecular weight is 455 g/mol. The number of nitrogens with one attached hydrogen (secondary N) is 3. The van der Waals surface area contributed by atoms with Gasteiger partial charge < -0.3 is 4.74 Å². The molecule has 29 heavy (non-hydrogen) atoms. The summed E-state index contributed by atoms with van der Waals surface area (Å²) in [6.07, 6.45) is 1.64. The van der Waals surface area contributed by atoms with Crippen LogP contribution in [-0.2, 0) is 19.6 Å². The first-order valence-corrected chi connectivity index (χ1v) is 12.2. The maximum absolute atomic E-state index is 14.7. The molecule has 8 nitrogen and oxygen atoms in total. The van der Waals surface area contributed by atoms with Crippen molar-refractivity contribution in [2.75, 3.05) is 27.4 Å². The van der Waals surface area contributed by atoms with E-state index in [0.717, 1.165) is 13.2 Å². The Morgan fingerprint density at radius 2 is 1.93 bits per heavy atom. The summed E-state index contributed by atoms with van der Waals surface area (Å²) in [4.78, 5) is 16.9. The van der Waals surface area contributed by atoms with E-state index < -0.39 is 38.6 Å². The molecule has 0 aromatic rings. The second kappa shape index (κ2) is 9.74. The van der Waals surface area contributed by atoms with E-state index in [9.17, 15) is 17.6 Å². The van der Waals surface area contributed by atoms with E-state index in [2.05, 4.69) is 20.5 Å². The first-order chi connectivity index (χ1) is 13.7. The number of methoxy groups -OCH3 is 1. The molecule has 1 saturated heterocycles. The molecule has 1 heterocycles. The van der Waals surface area contributed by atoms with Crippen LogP contribution in [0.3, 0.4) is 0 Å². The van der Waals surface area contributed by atoms with Crippen LogP contribution < -0.4 is 15.6 Å². The Balaban J connectivity index is 1.55. The molecule has 5 atom stereocenters. The van der Waals surface area contributed by atoms with Crippen LogP contribution in [0.2, 0.25) is 0 Å². The molecule has 2 saturated carbocycles. The lowest BCUT2D eigenvalue weighted by Gasteiger charge is -2.37. The zero-order valence-corrected chi connectivity index (χ0v) is 18.5. The molecule has 1 aliphatic heterocycles. The largest absolute Gasteiger partial charge is 0.381 e. The number of likely N-dealkylation sites (N-methyl/N-ethyl adjacent to an activating group) is 1. The van der Waals surface area contributed by atoms with Gasteiger partial charge in [0.15, 0.2) is 0 Å². The number of hydrazine groups is 1. The lowest BCUT2D eigenvalue weighted by atomic mass is 9.76. The molecule has 0 aromatic carbocycles. The van der Waals surface area contributed by atoms with Crippen molar-refractivity contribution in [3.8, 4) is 0 Å². The molecule has 3 fully saturated rings. The summed E-state index contributed by atoms with van der Waals surface area (Å²) in [5.41, 5.74) is 2.25. The third kappa shape index (κ3) is 5.59. The van der Waals surface area contributed by atoms with Crippen molar-refractivity contribution >= 4 is 27.5 Å². The van der Waals surface area contributed by atoms with E-state index in [1.54, 1.807) is 7.11 Å². The lowest BCUT2D eigenvalue weighted by Crippen LogP contribution is -2.53. The van der Waals surface area contributed by atoms with Gasteiger partial charge in [0.25, 0.3) is 0 Å². The van der Waals surface area contributed by atoms with Gasteiger partial charge >= 0.3 is 0 Å². The second-order valence-electron chi connectivity index (χ2n) is 8.58. The van der Waals surface area contributed by atoms with E-state index in [1.807, 2.05) is 7.05 Å². The van der Waals surface area contributed by atoms with Gasteiger partial charge in [0.05, 0.1) is 22.6 Å². The Hall–Kier alpha value is -0.520. The summed E-state index contributed by atoms with van der Waals surface area (Å²) in [6.45, 7) is 1.56. The van der Waals surface area contributed by atoms with E-state index >= 15 is 0 Å². The van der Waals surface area contributed by atoms with Crippen molar-refractivity contribution in [1.29, 1.82) is 0 Å². The fraction of sp³-hybridized carbons (Fsp3) is 0.944. The van der Waals surface area contributed by atoms with Crippen LogP contribution in [0.5, 0.6) is 0 Å². The first kappa shape index (κ1) is 23.1. The zero-order chi connectivity index (χ0) is 21.2. The minimum absolute atomic E-state index is 0.0612. The number of sulfonamides is 1. The molecule has 3 N–H and O–H groups in total. The third-order valence-electron chi connectivity index (χ3n) is 6.56. The summed E-state index contributed by atoms with van der Waals surface area (Å²) >= 11 is 6.21. The van der Waals surface area contributed by atoms with Crippen LogP contribution in [0.15, 0.2) is 0 Å². The van der Waals surface area contributed by atoms with Crippen molar-refractivity contribution in [2.45, 2.75) is 67.5 Å². The molecule has 0 bridgehead atoms. The van der Waals surface area contributed by atoms with Gasteiger partial charge in [-0.05, 0) is 51.5 Å². The number of carbonyl (C=O) groups is 1. The maximum Gasteiger partial charge on any atom is 0.241 e. The molecule has 0 spiro atoms. The van der Waals surface area contributed by atoms with Crippen LogP contribution in [0.1, 0.15) is 38.5 Å². The number of alkyl halides is 2. The normalized spacial score (nSPS) is 39.4. The van der Waals surface area contributed by atoms with Crippen molar-refractivity contribution in [3.05, 3.63) is 0 Å². The molecule has 0 radical (unpaired) electrons. The molecule has 11 heteroatoms. The molecular weight excluding hydrogens is 423 g/mol. The summed E-state index contributed by atoms with van der Waals surface area (Å²) in [6, 6.07) is 0.150. The summed E-state index contributed by atoms with van der Waals surface area (Å²) in [5.74, 6) is -1.57. The minimum Gasteiger partial charge on any atom is -0.381 e. The van der Waals surface area contributed by atoms with Gasteiger partial charge in [0, 0.05) is 26.4 Å². The predicted molar refractivity (Wildman–Crippen MR) is 108 cm³/mol. The van der Waals surface area contributed by atoms with Crippen LogP contribution >= 0.6 is 11.6 Å². The van der Waals surface area contributed by atoms with E-state index in [1.165, 1.54) is 0 Å². The quantitative estimate of drug-likeness (QED) is 0.404. The number of amides is 1. The van der Waals surface area contributed by atoms with Crippen LogP contribution in [0, 0.1) is 11.8 Å². The molecular formula is C18H32ClFN4O4S. The highest BCUT2D eigenvalue weighted by atomic mass is 35.5. The third-order valence-corrected chi connectivity index (χ3v) is 8.72. The lowest BCUT2D eigenvalue weighted by molar-refractivity contribution is -0.129. The molecule has 0 aromatic heterocycles. The molecule has 1 amide bonds. The minimum atomic E-state index is -3.73. The van der Waals surface area contributed by atoms with E-state index in [-0.39, 0.29) is 18.1 Å². The fourth-order valence-corrected chi connectivity index (χ4v) is 6.44. The van der Waals surface area contributed by atoms with Crippen molar-refractivity contribution in [1.82, 2.24) is 20.5 Å². The number of ether oxygens (including phenoxy) is 1. The molecule has 3 rings (SSSR count). The highest BCUT2D eigenvalue weighted by molar-refractivity contribution is 7.90. The van der Waals surface area contributed by atoms with Crippen molar-refractivity contribution < 1.29 is 22.3 Å². The maximum atomic E-state index is 14.7. The van der Waals surface area contributed by atoms with Crippen molar-refractivity contribution in [2.24, 2.45) is 11.8 Å². The fourth-order valence-electron chi connectivity index (χ4n) is 4.73. The van der Waals surface area contributed by atoms with Crippen molar-refractivity contribution in [3.63, 3.8) is 0 Å². The smallest absolute Gasteiger partial charge is 0.241 e. The summed E-state index contributed by atoms with van der Waals surface area (Å²) in [5, 5.41) is 2.01. The topological polar surface area (TPSA) is 99.8 Å². The monoisotopic (exact) mass is 454 g/mol. The number of hydrogen-bond donors (Lipinski definition) is 3. The van der Waals surface area contributed by atoms with Crippen LogP contribution in [0.4, 0.5) is 4.39 Å². The summed E-state index contributed by atoms with van der Waals surface area (Å²) in [7, 11) is -0.120. The number of carbonyl (C=O) groups excluding carboxylic acids is 1. The first-order valence-electron chi connectivity index (χ1n) is 10.2. The molecule has 168 valence electrons. The number of nitrogens with zero attached hydrogens (tertiary/aromatic N) is 1. The standard InChI is InChI=1S/C18H32ClFN4O4S/c1-24-9-16(21-10-24)11-7-14(17(20)15(19)8-11)18(25)22-23-29(26,27)13-5-3-12(28-2)4-6-13/h11-17,21,23H,3-10H2,1-2H3,(H,22,25). The van der Waals surface area contributed by atoms with E-state index in [0.29, 0.717) is 38.5 Å². The molecule has 3 aliphatic rings. The predicted octanol–water partition coefficient (Wildman–Crippen LogP) is 0.727. The van der Waals surface area contributed by atoms with Gasteiger partial charge in [-0.15, -0.1) is 16.4 Å². The van der Waals surface area contributed by atoms with Gasteiger partial charge in [-0.1, -0.05) is 0 Å². The number of rotatable bonds is 6. The van der Waals surface area contributed by atoms with Gasteiger partial charge in [-0.3, -0.25) is 20.4 Å². The van der Waals surface area contributed by atoms with Gasteiger partial charge in [-0.25, -0.2) is 12.8 Å². The molecule has 2 aliphatic carbocycles. The van der Waals surface area contributed by atoms with Gasteiger partial charge in [-0.2, -0.15) is 0 Å². The van der Waals surface area contributed by atoms with E-state index in [4.69, 9.17) is 16.3 Å². The Labute approximate surface area is 177 Å². The Kier molecular flexibility index (Phi) is 7.77. The molecule has 5 unspecified atom stereocenters. The SMILES string of the molecule is COC1CCC(S(=O)(=O)NNC(=O)C2CC(C3CN(C)CN3)CC(Cl)C2F)CC1. The second-order valence-corrected chi connectivity index (χ2v) is 11.1. The highest BCUT2D eigenvalue weighted by Crippen LogP contribution is 2.37. The van der Waals surface area contributed by atoms with Gasteiger partial charge in [0.2, 0.25) is 15.9 Å². The zero-order valence-electron chi connectivity index (χ0n) is 16.9. The number of hydrogen-bond acceptors (Lipinski definition) is 6. The Morgan fingerprint density at radius 3 is 2.52 bits per heavy atom. The average Bonchev–Trinajstić information content (AvgIpc) is 3.14. The Bertz CT molecular complexity index is 677. The van der Waals surface area contributed by atoms with Gasteiger partial charge in [0.1, 0.15) is 6.17 Å². The van der Waals surface area contributed by atoms with Crippen LogP contribution in [0.25, 0.3) is 0 Å². The highest BCUT2D eigenvalue weighted by Gasteiger charge is 2.44. The van der Waals surface area contributed by atoms with Crippen LogP contribution in [-0.4, -0.2) is 75.5 Å². The number of halogens is 2. The Morgan fingerprint density at radius 1 is 1.24 bits per heavy atom.